The quantitative estimate of drug-likeness (QED) is 0.729. The van der Waals surface area contributed by atoms with Gasteiger partial charge in [0, 0.05) is 10.8 Å². The van der Waals surface area contributed by atoms with Crippen molar-refractivity contribution < 1.29 is 4.74 Å². The Morgan fingerprint density at radius 2 is 1.95 bits per heavy atom. The summed E-state index contributed by atoms with van der Waals surface area (Å²) in [5.74, 6) is 7.27. The second-order valence-electron chi connectivity index (χ2n) is 4.92. The molecule has 19 heavy (non-hydrogen) atoms. The van der Waals surface area contributed by atoms with Gasteiger partial charge in [-0.25, -0.2) is 0 Å². The Labute approximate surface area is 118 Å². The van der Waals surface area contributed by atoms with Gasteiger partial charge >= 0.3 is 0 Å². The standard InChI is InChI=1S/C16H17NOS/c1-18-13-9-6-12(7-10-13)8-11-16-17-14-4-2-3-5-15(14)19-16/h6-7,9-10,14-15H,2-5H2,1H3/t14-,15+/m1/s1. The van der Waals surface area contributed by atoms with Crippen LogP contribution in [0.25, 0.3) is 0 Å². The van der Waals surface area contributed by atoms with Gasteiger partial charge in [-0.3, -0.25) is 4.99 Å². The first-order chi connectivity index (χ1) is 9.35. The summed E-state index contributed by atoms with van der Waals surface area (Å²) < 4.78 is 5.14. The Morgan fingerprint density at radius 3 is 2.68 bits per heavy atom. The summed E-state index contributed by atoms with van der Waals surface area (Å²) >= 11 is 1.87. The number of fused-ring (bicyclic) bond motifs is 1. The lowest BCUT2D eigenvalue weighted by Crippen LogP contribution is -2.21. The van der Waals surface area contributed by atoms with Gasteiger partial charge in [0.2, 0.25) is 0 Å². The molecule has 2 aliphatic rings. The Kier molecular flexibility index (Phi) is 3.79. The zero-order valence-electron chi connectivity index (χ0n) is 11.1. The van der Waals surface area contributed by atoms with Crippen molar-refractivity contribution in [1.29, 1.82) is 0 Å². The third-order valence-corrected chi connectivity index (χ3v) is 4.90. The Hall–Kier alpha value is -1.40. The van der Waals surface area contributed by atoms with Gasteiger partial charge in [0.25, 0.3) is 0 Å². The maximum atomic E-state index is 5.14. The molecule has 1 aliphatic carbocycles. The van der Waals surface area contributed by atoms with Crippen molar-refractivity contribution in [3.05, 3.63) is 29.8 Å². The molecule has 0 radical (unpaired) electrons. The van der Waals surface area contributed by atoms with Gasteiger partial charge in [-0.15, -0.1) is 0 Å². The minimum atomic E-state index is 0.527. The lowest BCUT2D eigenvalue weighted by molar-refractivity contribution is 0.415. The normalized spacial score (nSPS) is 25.0. The Bertz CT molecular complexity index is 538. The smallest absolute Gasteiger partial charge is 0.142 e. The van der Waals surface area contributed by atoms with E-state index in [9.17, 15) is 0 Å². The SMILES string of the molecule is COc1ccc(C#CC2=N[C@@H]3CCCC[C@@H]3S2)cc1. The number of thioether (sulfide) groups is 1. The molecule has 3 rings (SSSR count). The van der Waals surface area contributed by atoms with E-state index in [0.717, 1.165) is 16.4 Å². The van der Waals surface area contributed by atoms with Crippen LogP contribution in [-0.4, -0.2) is 23.4 Å². The van der Waals surface area contributed by atoms with E-state index < -0.39 is 0 Å². The van der Waals surface area contributed by atoms with Crippen molar-refractivity contribution in [2.24, 2.45) is 4.99 Å². The molecule has 1 saturated carbocycles. The van der Waals surface area contributed by atoms with Crippen molar-refractivity contribution in [2.45, 2.75) is 37.0 Å². The van der Waals surface area contributed by atoms with Gasteiger partial charge in [-0.05, 0) is 43.0 Å². The molecule has 98 valence electrons. The molecule has 0 N–H and O–H groups in total. The van der Waals surface area contributed by atoms with Crippen molar-refractivity contribution in [2.75, 3.05) is 7.11 Å². The van der Waals surface area contributed by atoms with Crippen LogP contribution < -0.4 is 4.74 Å². The first-order valence-electron chi connectivity index (χ1n) is 6.76. The number of benzene rings is 1. The zero-order chi connectivity index (χ0) is 13.1. The number of nitrogens with zero attached hydrogens (tertiary/aromatic N) is 1. The largest absolute Gasteiger partial charge is 0.497 e. The van der Waals surface area contributed by atoms with Crippen LogP contribution in [-0.2, 0) is 0 Å². The highest BCUT2D eigenvalue weighted by Crippen LogP contribution is 2.36. The number of ether oxygens (including phenoxy) is 1. The van der Waals surface area contributed by atoms with E-state index in [1.54, 1.807) is 7.11 Å². The molecule has 1 fully saturated rings. The fourth-order valence-corrected chi connectivity index (χ4v) is 3.78. The van der Waals surface area contributed by atoms with Gasteiger partial charge < -0.3 is 4.74 Å². The second-order valence-corrected chi connectivity index (χ2v) is 6.15. The van der Waals surface area contributed by atoms with Gasteiger partial charge in [-0.2, -0.15) is 0 Å². The highest BCUT2D eigenvalue weighted by atomic mass is 32.2. The first-order valence-corrected chi connectivity index (χ1v) is 7.63. The van der Waals surface area contributed by atoms with Crippen LogP contribution in [0.2, 0.25) is 0 Å². The maximum absolute atomic E-state index is 5.14. The third-order valence-electron chi connectivity index (χ3n) is 3.62. The van der Waals surface area contributed by atoms with Crippen molar-refractivity contribution in [1.82, 2.24) is 0 Å². The summed E-state index contributed by atoms with van der Waals surface area (Å²) in [5, 5.41) is 1.71. The van der Waals surface area contributed by atoms with E-state index in [2.05, 4.69) is 11.8 Å². The second kappa shape index (κ2) is 5.71. The van der Waals surface area contributed by atoms with Crippen LogP contribution in [0.3, 0.4) is 0 Å². The molecular weight excluding hydrogens is 254 g/mol. The summed E-state index contributed by atoms with van der Waals surface area (Å²) in [4.78, 5) is 4.74. The zero-order valence-corrected chi connectivity index (χ0v) is 11.9. The van der Waals surface area contributed by atoms with Crippen molar-refractivity contribution >= 4 is 16.8 Å². The van der Waals surface area contributed by atoms with Crippen LogP contribution in [0.4, 0.5) is 0 Å². The first kappa shape index (κ1) is 12.6. The molecule has 2 nitrogen and oxygen atoms in total. The average Bonchev–Trinajstić information content (AvgIpc) is 2.88. The lowest BCUT2D eigenvalue weighted by Gasteiger charge is -2.21. The monoisotopic (exact) mass is 271 g/mol. The topological polar surface area (TPSA) is 21.6 Å². The predicted molar refractivity (Wildman–Crippen MR) is 80.9 cm³/mol. The fraction of sp³-hybridized carbons (Fsp3) is 0.438. The van der Waals surface area contributed by atoms with Crippen LogP contribution in [0, 0.1) is 11.8 Å². The van der Waals surface area contributed by atoms with E-state index in [1.807, 2.05) is 36.0 Å². The maximum Gasteiger partial charge on any atom is 0.142 e. The van der Waals surface area contributed by atoms with Gasteiger partial charge in [0.1, 0.15) is 10.8 Å². The summed E-state index contributed by atoms with van der Waals surface area (Å²) in [5.41, 5.74) is 1.01. The van der Waals surface area contributed by atoms with Crippen molar-refractivity contribution in [3.63, 3.8) is 0 Å². The van der Waals surface area contributed by atoms with E-state index in [0.29, 0.717) is 11.3 Å². The fourth-order valence-electron chi connectivity index (χ4n) is 2.55. The van der Waals surface area contributed by atoms with Crippen LogP contribution in [0.15, 0.2) is 29.3 Å². The molecule has 1 aromatic carbocycles. The van der Waals surface area contributed by atoms with Crippen LogP contribution in [0.1, 0.15) is 31.2 Å². The minimum absolute atomic E-state index is 0.527. The molecule has 0 bridgehead atoms. The third kappa shape index (κ3) is 2.96. The van der Waals surface area contributed by atoms with Crippen LogP contribution >= 0.6 is 11.8 Å². The Balaban J connectivity index is 1.70. The molecular formula is C16H17NOS. The average molecular weight is 271 g/mol. The minimum Gasteiger partial charge on any atom is -0.497 e. The molecule has 0 aromatic heterocycles. The summed E-state index contributed by atoms with van der Waals surface area (Å²) in [6.45, 7) is 0. The highest BCUT2D eigenvalue weighted by Gasteiger charge is 2.31. The van der Waals surface area contributed by atoms with E-state index in [4.69, 9.17) is 9.73 Å². The van der Waals surface area contributed by atoms with Gasteiger partial charge in [-0.1, -0.05) is 30.5 Å². The molecule has 1 aromatic rings. The molecule has 2 atom stereocenters. The molecule has 0 amide bonds. The number of hydrogen-bond donors (Lipinski definition) is 0. The van der Waals surface area contributed by atoms with Crippen LogP contribution in [0.5, 0.6) is 5.75 Å². The summed E-state index contributed by atoms with van der Waals surface area (Å²) in [6, 6.07) is 8.37. The van der Waals surface area contributed by atoms with E-state index >= 15 is 0 Å². The number of aliphatic imine (C=N–C) groups is 1. The number of methoxy groups -OCH3 is 1. The van der Waals surface area contributed by atoms with Crippen molar-refractivity contribution in [3.8, 4) is 17.6 Å². The summed E-state index contributed by atoms with van der Waals surface area (Å²) in [7, 11) is 1.67. The molecule has 3 heteroatoms. The summed E-state index contributed by atoms with van der Waals surface area (Å²) in [6.07, 6.45) is 5.21. The molecule has 0 spiro atoms. The number of rotatable bonds is 1. The number of hydrogen-bond acceptors (Lipinski definition) is 3. The molecule has 0 saturated heterocycles. The molecule has 1 aliphatic heterocycles. The van der Waals surface area contributed by atoms with Gasteiger partial charge in [0.05, 0.1) is 13.2 Å². The highest BCUT2D eigenvalue weighted by molar-refractivity contribution is 8.15. The van der Waals surface area contributed by atoms with E-state index in [-0.39, 0.29) is 0 Å². The Morgan fingerprint density at radius 1 is 1.16 bits per heavy atom. The van der Waals surface area contributed by atoms with Gasteiger partial charge in [0.15, 0.2) is 0 Å². The van der Waals surface area contributed by atoms with E-state index in [1.165, 1.54) is 25.7 Å². The molecule has 0 unspecified atom stereocenters. The predicted octanol–water partition coefficient (Wildman–Crippen LogP) is 3.50. The molecule has 1 heterocycles. The lowest BCUT2D eigenvalue weighted by atomic mass is 9.95.